The van der Waals surface area contributed by atoms with Gasteiger partial charge in [0.05, 0.1) is 13.2 Å². The molecule has 0 saturated carbocycles. The molecule has 0 bridgehead atoms. The molecule has 3 heterocycles. The number of hydrogen-bond acceptors (Lipinski definition) is 16. The molecule has 16 heteroatoms. The van der Waals surface area contributed by atoms with Crippen molar-refractivity contribution in [3.8, 4) is 40.1 Å². The van der Waals surface area contributed by atoms with Crippen LogP contribution in [0.1, 0.15) is 0 Å². The number of benzene rings is 2. The predicted octanol–water partition coefficient (Wildman–Crippen LogP) is -2.43. The third-order valence-electron chi connectivity index (χ3n) is 6.98. The normalized spacial score (nSPS) is 31.4. The first kappa shape index (κ1) is 29.8. The molecule has 2 aromatic carbocycles. The fourth-order valence-corrected chi connectivity index (χ4v) is 4.67. The maximum Gasteiger partial charge on any atom is 0.239 e. The number of hydrogen-bond donors (Lipinski definition) is 10. The molecule has 228 valence electrons. The van der Waals surface area contributed by atoms with E-state index >= 15 is 0 Å². The van der Waals surface area contributed by atoms with Crippen LogP contribution in [-0.4, -0.2) is 120 Å². The average molecular weight is 596 g/mol. The maximum absolute atomic E-state index is 13.6. The SMILES string of the molecule is O=c1c(O[C@@H]2O[C@H](CO)[C@H](O)[C@H]2O)c(-c2ccc(O)c(O)c2)oc2cc(O[C@@H]3O[C@H](CO)[C@@H](O)[C@H](O)[C@H]3O)cc(O)c12. The van der Waals surface area contributed by atoms with Gasteiger partial charge in [-0.15, -0.1) is 0 Å². The number of phenolic OH excluding ortho intramolecular Hbond substituents is 3. The van der Waals surface area contributed by atoms with Crippen LogP contribution >= 0.6 is 0 Å². The van der Waals surface area contributed by atoms with Gasteiger partial charge in [-0.1, -0.05) is 0 Å². The molecule has 1 aromatic heterocycles. The van der Waals surface area contributed by atoms with Crippen LogP contribution in [0.2, 0.25) is 0 Å². The van der Waals surface area contributed by atoms with Gasteiger partial charge in [-0.2, -0.15) is 0 Å². The molecule has 42 heavy (non-hydrogen) atoms. The number of ether oxygens (including phenoxy) is 4. The van der Waals surface area contributed by atoms with Crippen molar-refractivity contribution in [3.63, 3.8) is 0 Å². The first-order valence-corrected chi connectivity index (χ1v) is 12.6. The van der Waals surface area contributed by atoms with Crippen LogP contribution < -0.4 is 14.9 Å². The molecule has 0 spiro atoms. The minimum atomic E-state index is -1.78. The standard InChI is InChI=1S/C26H28O16/c27-6-14-17(32)20(35)22(37)25(40-14)38-9-4-12(31)16-13(5-9)39-23(8-1-2-10(29)11(30)3-8)24(19(16)34)42-26-21(36)18(33)15(7-28)41-26/h1-5,14-15,17-18,20-22,25-33,35-37H,6-7H2/t14-,15-,17-,18+,20+,21-,22-,25-,26+/m1/s1. The molecular formula is C26H28O16. The Hall–Kier alpha value is -3.71. The van der Waals surface area contributed by atoms with Gasteiger partial charge in [0.25, 0.3) is 0 Å². The lowest BCUT2D eigenvalue weighted by atomic mass is 9.99. The highest BCUT2D eigenvalue weighted by Gasteiger charge is 2.46. The van der Waals surface area contributed by atoms with Crippen molar-refractivity contribution in [2.24, 2.45) is 0 Å². The van der Waals surface area contributed by atoms with Gasteiger partial charge in [0.1, 0.15) is 65.2 Å². The Morgan fingerprint density at radius 1 is 0.690 bits per heavy atom. The molecule has 16 nitrogen and oxygen atoms in total. The fourth-order valence-electron chi connectivity index (χ4n) is 4.67. The molecular weight excluding hydrogens is 568 g/mol. The highest BCUT2D eigenvalue weighted by Crippen LogP contribution is 2.40. The van der Waals surface area contributed by atoms with E-state index in [0.29, 0.717) is 0 Å². The zero-order chi connectivity index (χ0) is 30.5. The van der Waals surface area contributed by atoms with Crippen LogP contribution in [0.15, 0.2) is 39.5 Å². The summed E-state index contributed by atoms with van der Waals surface area (Å²) in [5.41, 5.74) is -1.35. The zero-order valence-corrected chi connectivity index (χ0v) is 21.4. The molecule has 0 aliphatic carbocycles. The second-order valence-corrected chi connectivity index (χ2v) is 9.75. The van der Waals surface area contributed by atoms with Gasteiger partial charge < -0.3 is 74.4 Å². The van der Waals surface area contributed by atoms with E-state index in [1.54, 1.807) is 0 Å². The summed E-state index contributed by atoms with van der Waals surface area (Å²) < 4.78 is 27.6. The molecule has 9 atom stereocenters. The smallest absolute Gasteiger partial charge is 0.239 e. The fraction of sp³-hybridized carbons (Fsp3) is 0.423. The quantitative estimate of drug-likeness (QED) is 0.127. The highest BCUT2D eigenvalue weighted by atomic mass is 16.7. The molecule has 5 rings (SSSR count). The molecule has 10 N–H and O–H groups in total. The minimum Gasteiger partial charge on any atom is -0.507 e. The molecule has 2 fully saturated rings. The van der Waals surface area contributed by atoms with E-state index in [1.165, 1.54) is 6.07 Å². The minimum absolute atomic E-state index is 0.0224. The van der Waals surface area contributed by atoms with Crippen molar-refractivity contribution >= 4 is 11.0 Å². The van der Waals surface area contributed by atoms with Gasteiger partial charge in [-0.25, -0.2) is 0 Å². The average Bonchev–Trinajstić information content (AvgIpc) is 3.23. The Morgan fingerprint density at radius 2 is 1.29 bits per heavy atom. The number of phenols is 3. The third kappa shape index (κ3) is 5.19. The number of fused-ring (bicyclic) bond motifs is 1. The zero-order valence-electron chi connectivity index (χ0n) is 21.4. The van der Waals surface area contributed by atoms with Gasteiger partial charge in [0, 0.05) is 17.7 Å². The Labute approximate surface area is 235 Å². The van der Waals surface area contributed by atoms with Gasteiger partial charge in [0.15, 0.2) is 17.3 Å². The topological polar surface area (TPSA) is 269 Å². The number of aliphatic hydroxyl groups excluding tert-OH is 7. The Balaban J connectivity index is 1.59. The van der Waals surface area contributed by atoms with E-state index in [2.05, 4.69) is 0 Å². The van der Waals surface area contributed by atoms with E-state index in [-0.39, 0.29) is 22.7 Å². The molecule has 2 aliphatic rings. The Kier molecular flexibility index (Phi) is 8.17. The summed E-state index contributed by atoms with van der Waals surface area (Å²) in [6, 6.07) is 5.41. The Morgan fingerprint density at radius 3 is 1.90 bits per heavy atom. The summed E-state index contributed by atoms with van der Waals surface area (Å²) in [5, 5.41) is 99.7. The molecule has 0 radical (unpaired) electrons. The summed E-state index contributed by atoms with van der Waals surface area (Å²) >= 11 is 0. The van der Waals surface area contributed by atoms with Crippen molar-refractivity contribution in [2.45, 2.75) is 55.3 Å². The third-order valence-corrected chi connectivity index (χ3v) is 6.98. The second-order valence-electron chi connectivity index (χ2n) is 9.75. The van der Waals surface area contributed by atoms with Crippen LogP contribution in [0.5, 0.6) is 28.7 Å². The van der Waals surface area contributed by atoms with Crippen LogP contribution in [-0.2, 0) is 9.47 Å². The van der Waals surface area contributed by atoms with E-state index in [1.807, 2.05) is 0 Å². The summed E-state index contributed by atoms with van der Waals surface area (Å²) in [5.74, 6) is -3.08. The van der Waals surface area contributed by atoms with Gasteiger partial charge in [-0.3, -0.25) is 4.79 Å². The molecule has 3 aromatic rings. The van der Waals surface area contributed by atoms with Crippen LogP contribution in [0, 0.1) is 0 Å². The van der Waals surface area contributed by atoms with Gasteiger partial charge in [-0.05, 0) is 18.2 Å². The van der Waals surface area contributed by atoms with E-state index in [9.17, 15) is 55.9 Å². The van der Waals surface area contributed by atoms with Crippen LogP contribution in [0.3, 0.4) is 0 Å². The van der Waals surface area contributed by atoms with Crippen LogP contribution in [0.25, 0.3) is 22.3 Å². The monoisotopic (exact) mass is 596 g/mol. The Bertz CT molecular complexity index is 1500. The number of aromatic hydroxyl groups is 3. The van der Waals surface area contributed by atoms with Crippen molar-refractivity contribution in [1.29, 1.82) is 0 Å². The predicted molar refractivity (Wildman–Crippen MR) is 136 cm³/mol. The summed E-state index contributed by atoms with van der Waals surface area (Å²) in [7, 11) is 0. The van der Waals surface area contributed by atoms with E-state index in [4.69, 9.17) is 23.4 Å². The van der Waals surface area contributed by atoms with Crippen molar-refractivity contribution < 1.29 is 74.4 Å². The first-order chi connectivity index (χ1) is 19.9. The van der Waals surface area contributed by atoms with E-state index in [0.717, 1.165) is 24.3 Å². The van der Waals surface area contributed by atoms with E-state index < -0.39 is 102 Å². The summed E-state index contributed by atoms with van der Waals surface area (Å²) in [6.45, 7) is -1.40. The lowest BCUT2D eigenvalue weighted by Crippen LogP contribution is -2.60. The van der Waals surface area contributed by atoms with Crippen molar-refractivity contribution in [3.05, 3.63) is 40.6 Å². The summed E-state index contributed by atoms with van der Waals surface area (Å²) in [4.78, 5) is 13.6. The second kappa shape index (κ2) is 11.5. The maximum atomic E-state index is 13.6. The molecule has 0 unspecified atom stereocenters. The number of rotatable bonds is 7. The molecule has 0 amide bonds. The lowest BCUT2D eigenvalue weighted by molar-refractivity contribution is -0.277. The first-order valence-electron chi connectivity index (χ1n) is 12.6. The molecule has 2 aliphatic heterocycles. The molecule has 2 saturated heterocycles. The summed E-state index contributed by atoms with van der Waals surface area (Å²) in [6.07, 6.45) is -14.3. The van der Waals surface area contributed by atoms with Gasteiger partial charge >= 0.3 is 0 Å². The van der Waals surface area contributed by atoms with Gasteiger partial charge in [0.2, 0.25) is 23.8 Å². The number of aliphatic hydroxyl groups is 7. The largest absolute Gasteiger partial charge is 0.507 e. The highest BCUT2D eigenvalue weighted by molar-refractivity contribution is 5.88. The van der Waals surface area contributed by atoms with Crippen molar-refractivity contribution in [2.75, 3.05) is 13.2 Å². The van der Waals surface area contributed by atoms with Crippen LogP contribution in [0.4, 0.5) is 0 Å². The lowest BCUT2D eigenvalue weighted by Gasteiger charge is -2.39. The van der Waals surface area contributed by atoms with Crippen molar-refractivity contribution in [1.82, 2.24) is 0 Å².